The molecule has 1 aliphatic heterocycles. The smallest absolute Gasteiger partial charge is 0.350 e. The number of aryl methyl sites for hydroxylation is 1. The van der Waals surface area contributed by atoms with Gasteiger partial charge in [-0.2, -0.15) is 0 Å². The maximum absolute atomic E-state index is 13.6. The first kappa shape index (κ1) is 22.6. The highest BCUT2D eigenvalue weighted by molar-refractivity contribution is 7.17. The highest BCUT2D eigenvalue weighted by Crippen LogP contribution is 2.44. The summed E-state index contributed by atoms with van der Waals surface area (Å²) in [6.45, 7) is 5.09. The first-order valence-corrected chi connectivity index (χ1v) is 11.4. The van der Waals surface area contributed by atoms with E-state index in [0.717, 1.165) is 16.2 Å². The van der Waals surface area contributed by atoms with Gasteiger partial charge in [0.05, 0.1) is 22.2 Å². The molecule has 2 aromatic heterocycles. The van der Waals surface area contributed by atoms with Crippen LogP contribution < -0.4 is 4.90 Å². The van der Waals surface area contributed by atoms with Crippen molar-refractivity contribution in [3.8, 4) is 0 Å². The lowest BCUT2D eigenvalue weighted by molar-refractivity contribution is -0.117. The van der Waals surface area contributed by atoms with Crippen molar-refractivity contribution >= 4 is 45.5 Å². The number of esters is 1. The Labute approximate surface area is 196 Å². The lowest BCUT2D eigenvalue weighted by Gasteiger charge is -2.24. The number of nitrogens with zero attached hydrogens (tertiary/aromatic N) is 2. The number of aliphatic hydroxyl groups excluding tert-OH is 1. The third-order valence-corrected chi connectivity index (χ3v) is 6.90. The molecule has 0 unspecified atom stereocenters. The lowest BCUT2D eigenvalue weighted by atomic mass is 9.95. The van der Waals surface area contributed by atoms with Crippen LogP contribution in [0, 0.1) is 12.7 Å². The molecule has 33 heavy (non-hydrogen) atoms. The van der Waals surface area contributed by atoms with Gasteiger partial charge in [-0.1, -0.05) is 42.2 Å². The van der Waals surface area contributed by atoms with Crippen LogP contribution in [0.4, 0.5) is 9.52 Å². The molecule has 168 valence electrons. The minimum Gasteiger partial charge on any atom is -0.503 e. The van der Waals surface area contributed by atoms with Crippen LogP contribution in [0.1, 0.15) is 36.6 Å². The Bertz CT molecular complexity index is 1280. The average molecular weight is 485 g/mol. The molecule has 1 aliphatic rings. The van der Waals surface area contributed by atoms with Crippen LogP contribution in [-0.2, 0) is 9.53 Å². The van der Waals surface area contributed by atoms with Gasteiger partial charge in [0.1, 0.15) is 17.3 Å². The number of aliphatic hydroxyl groups is 1. The number of hydrogen-bond acceptors (Lipinski definition) is 8. The van der Waals surface area contributed by atoms with Crippen molar-refractivity contribution in [2.45, 2.75) is 13.0 Å². The van der Waals surface area contributed by atoms with E-state index in [0.29, 0.717) is 16.1 Å². The Kier molecular flexibility index (Phi) is 6.21. The Hall–Kier alpha value is -3.63. The fraction of sp³-hybridized carbons (Fsp3) is 0.130. The quantitative estimate of drug-likeness (QED) is 0.295. The second-order valence-electron chi connectivity index (χ2n) is 7.00. The highest BCUT2D eigenvalue weighted by Gasteiger charge is 2.46. The van der Waals surface area contributed by atoms with Gasteiger partial charge in [-0.25, -0.2) is 14.2 Å². The topological polar surface area (TPSA) is 96.8 Å². The number of ether oxygens (including phenoxy) is 1. The monoisotopic (exact) mass is 484 g/mol. The van der Waals surface area contributed by atoms with Gasteiger partial charge in [-0.3, -0.25) is 14.5 Å². The number of carbonyl (C=O) groups is 3. The number of thiazole rings is 1. The Morgan fingerprint density at radius 3 is 2.67 bits per heavy atom. The number of carbonyl (C=O) groups excluding carboxylic acids is 3. The number of aromatic nitrogens is 1. The zero-order valence-corrected chi connectivity index (χ0v) is 18.9. The number of thiophene rings is 1. The number of anilines is 1. The summed E-state index contributed by atoms with van der Waals surface area (Å²) in [5, 5.41) is 12.5. The van der Waals surface area contributed by atoms with Crippen LogP contribution in [0.15, 0.2) is 65.8 Å². The summed E-state index contributed by atoms with van der Waals surface area (Å²) in [4.78, 5) is 44.7. The number of rotatable bonds is 7. The predicted octanol–water partition coefficient (Wildman–Crippen LogP) is 4.78. The van der Waals surface area contributed by atoms with Crippen molar-refractivity contribution in [3.05, 3.63) is 92.6 Å². The molecule has 0 saturated heterocycles. The summed E-state index contributed by atoms with van der Waals surface area (Å²) in [5.41, 5.74) is 0.585. The fourth-order valence-electron chi connectivity index (χ4n) is 3.41. The lowest BCUT2D eigenvalue weighted by Crippen LogP contribution is -2.31. The second-order valence-corrected chi connectivity index (χ2v) is 8.92. The van der Waals surface area contributed by atoms with Gasteiger partial charge in [-0.05, 0) is 36.1 Å². The first-order chi connectivity index (χ1) is 15.8. The zero-order chi connectivity index (χ0) is 23.7. The summed E-state index contributed by atoms with van der Waals surface area (Å²) in [7, 11) is 0. The summed E-state index contributed by atoms with van der Waals surface area (Å²) >= 11 is 2.07. The number of hydrogen-bond donors (Lipinski definition) is 1. The van der Waals surface area contributed by atoms with Gasteiger partial charge in [0.25, 0.3) is 5.91 Å². The molecule has 1 aromatic carbocycles. The molecule has 7 nitrogen and oxygen atoms in total. The standard InChI is InChI=1S/C23H17FN2O5S2/c1-3-10-31-22(30)20-12(2)25-23(33-20)26-17(13-6-8-14(24)9-7-13)16(19(28)21(26)29)18(27)15-5-4-11-32-15/h3-9,11,17,28H,1,10H2,2H3/t17-/m0/s1. The van der Waals surface area contributed by atoms with Gasteiger partial charge >= 0.3 is 5.97 Å². The molecule has 1 N–H and O–H groups in total. The molecular weight excluding hydrogens is 467 g/mol. The normalized spacial score (nSPS) is 15.8. The molecule has 0 saturated carbocycles. The molecule has 0 bridgehead atoms. The number of ketones is 1. The summed E-state index contributed by atoms with van der Waals surface area (Å²) in [5.74, 6) is -3.21. The molecule has 0 radical (unpaired) electrons. The number of halogens is 1. The Morgan fingerprint density at radius 2 is 2.03 bits per heavy atom. The molecule has 0 aliphatic carbocycles. The van der Waals surface area contributed by atoms with Gasteiger partial charge in [-0.15, -0.1) is 11.3 Å². The molecule has 1 amide bonds. The van der Waals surface area contributed by atoms with E-state index in [9.17, 15) is 23.9 Å². The first-order valence-electron chi connectivity index (χ1n) is 9.69. The molecule has 3 aromatic rings. The van der Waals surface area contributed by atoms with Crippen molar-refractivity contribution in [2.75, 3.05) is 11.5 Å². The van der Waals surface area contributed by atoms with Gasteiger partial charge < -0.3 is 9.84 Å². The zero-order valence-electron chi connectivity index (χ0n) is 17.3. The minimum atomic E-state index is -1.06. The maximum atomic E-state index is 13.6. The van der Waals surface area contributed by atoms with E-state index in [2.05, 4.69) is 11.6 Å². The molecular formula is C23H17FN2O5S2. The van der Waals surface area contributed by atoms with Crippen LogP contribution >= 0.6 is 22.7 Å². The molecule has 0 fully saturated rings. The number of benzene rings is 1. The van der Waals surface area contributed by atoms with E-state index < -0.39 is 35.3 Å². The SMILES string of the molecule is C=CCOC(=O)c1sc(N2C(=O)C(O)=C(C(=O)c3cccs3)[C@@H]2c2ccc(F)cc2)nc1C. The van der Waals surface area contributed by atoms with Gasteiger partial charge in [0.15, 0.2) is 10.9 Å². The second kappa shape index (κ2) is 9.08. The van der Waals surface area contributed by atoms with Crippen LogP contribution in [0.25, 0.3) is 0 Å². The predicted molar refractivity (Wildman–Crippen MR) is 122 cm³/mol. The van der Waals surface area contributed by atoms with Crippen molar-refractivity contribution < 1.29 is 28.6 Å². The Balaban J connectivity index is 1.82. The number of amides is 1. The number of Topliss-reactive ketones (excluding diaryl/α,β-unsaturated/α-hetero) is 1. The molecule has 1 atom stereocenters. The molecule has 4 rings (SSSR count). The highest BCUT2D eigenvalue weighted by atomic mass is 32.1. The van der Waals surface area contributed by atoms with E-state index in [1.807, 2.05) is 0 Å². The van der Waals surface area contributed by atoms with Gasteiger partial charge in [0.2, 0.25) is 5.78 Å². The summed E-state index contributed by atoms with van der Waals surface area (Å²) in [6.07, 6.45) is 1.42. The fourth-order valence-corrected chi connectivity index (χ4v) is 5.08. The third-order valence-electron chi connectivity index (χ3n) is 4.89. The van der Waals surface area contributed by atoms with Gasteiger partial charge in [0, 0.05) is 0 Å². The van der Waals surface area contributed by atoms with Crippen molar-refractivity contribution in [2.24, 2.45) is 0 Å². The van der Waals surface area contributed by atoms with E-state index >= 15 is 0 Å². The maximum Gasteiger partial charge on any atom is 0.350 e. The molecule has 10 heteroatoms. The molecule has 3 heterocycles. The van der Waals surface area contributed by atoms with E-state index in [4.69, 9.17) is 4.74 Å². The third kappa shape index (κ3) is 4.10. The average Bonchev–Trinajstić information content (AvgIpc) is 3.52. The van der Waals surface area contributed by atoms with Crippen molar-refractivity contribution in [1.82, 2.24) is 4.98 Å². The van der Waals surface area contributed by atoms with E-state index in [1.54, 1.807) is 24.4 Å². The van der Waals surface area contributed by atoms with Crippen LogP contribution in [0.3, 0.4) is 0 Å². The van der Waals surface area contributed by atoms with Crippen molar-refractivity contribution in [1.29, 1.82) is 0 Å². The molecule has 0 spiro atoms. The Morgan fingerprint density at radius 1 is 1.30 bits per heavy atom. The largest absolute Gasteiger partial charge is 0.503 e. The van der Waals surface area contributed by atoms with E-state index in [1.165, 1.54) is 41.7 Å². The summed E-state index contributed by atoms with van der Waals surface area (Å²) in [6, 6.07) is 7.47. The minimum absolute atomic E-state index is 0.00810. The summed E-state index contributed by atoms with van der Waals surface area (Å²) < 4.78 is 18.7. The van der Waals surface area contributed by atoms with Crippen molar-refractivity contribution in [3.63, 3.8) is 0 Å². The van der Waals surface area contributed by atoms with E-state index in [-0.39, 0.29) is 22.2 Å². The van der Waals surface area contributed by atoms with Crippen LogP contribution in [0.2, 0.25) is 0 Å². The van der Waals surface area contributed by atoms with Crippen LogP contribution in [-0.4, -0.2) is 34.4 Å². The van der Waals surface area contributed by atoms with Crippen LogP contribution in [0.5, 0.6) is 0 Å².